The smallest absolute Gasteiger partial charge is 0.261 e. The van der Waals surface area contributed by atoms with E-state index in [4.69, 9.17) is 9.47 Å². The number of hydrogen-bond donors (Lipinski definition) is 1. The van der Waals surface area contributed by atoms with E-state index in [2.05, 4.69) is 35.1 Å². The summed E-state index contributed by atoms with van der Waals surface area (Å²) in [6, 6.07) is 12.7. The SMILES string of the molecule is CC[C@@H](C(=O)NC)N(Cc1ccc(OC)cc1)C(=O)COc1ccc(C(C)C)cc1Br. The maximum atomic E-state index is 13.1. The fraction of sp³-hybridized carbons (Fsp3) is 0.417. The van der Waals surface area contributed by atoms with Gasteiger partial charge in [0.2, 0.25) is 5.91 Å². The van der Waals surface area contributed by atoms with Crippen molar-refractivity contribution in [2.45, 2.75) is 45.7 Å². The quantitative estimate of drug-likeness (QED) is 0.531. The van der Waals surface area contributed by atoms with E-state index < -0.39 is 6.04 Å². The standard InChI is InChI=1S/C24H31BrN2O4/c1-6-21(24(29)26-4)27(14-17-7-10-19(30-5)11-8-17)23(28)15-31-22-12-9-18(16(2)3)13-20(22)25/h7-13,16,21H,6,14-15H2,1-5H3,(H,26,29)/t21-/m0/s1. The van der Waals surface area contributed by atoms with Gasteiger partial charge in [-0.3, -0.25) is 9.59 Å². The lowest BCUT2D eigenvalue weighted by molar-refractivity contribution is -0.142. The largest absolute Gasteiger partial charge is 0.497 e. The summed E-state index contributed by atoms with van der Waals surface area (Å²) in [6.45, 7) is 6.25. The number of amides is 2. The van der Waals surface area contributed by atoms with E-state index in [1.54, 1.807) is 19.1 Å². The monoisotopic (exact) mass is 490 g/mol. The Morgan fingerprint density at radius 1 is 1.13 bits per heavy atom. The molecule has 0 saturated heterocycles. The van der Waals surface area contributed by atoms with Gasteiger partial charge in [0.1, 0.15) is 17.5 Å². The maximum Gasteiger partial charge on any atom is 0.261 e. The fourth-order valence-corrected chi connectivity index (χ4v) is 3.74. The van der Waals surface area contributed by atoms with Gasteiger partial charge in [0.05, 0.1) is 11.6 Å². The number of halogens is 1. The fourth-order valence-electron chi connectivity index (χ4n) is 3.23. The van der Waals surface area contributed by atoms with Crippen LogP contribution >= 0.6 is 15.9 Å². The van der Waals surface area contributed by atoms with E-state index in [-0.39, 0.29) is 18.4 Å². The first-order valence-corrected chi connectivity index (χ1v) is 11.2. The number of ether oxygens (including phenoxy) is 2. The van der Waals surface area contributed by atoms with Gasteiger partial charge in [-0.05, 0) is 63.7 Å². The van der Waals surface area contributed by atoms with Crippen molar-refractivity contribution in [1.29, 1.82) is 0 Å². The predicted octanol–water partition coefficient (Wildman–Crippen LogP) is 4.51. The van der Waals surface area contributed by atoms with Crippen LogP contribution in [-0.4, -0.2) is 43.5 Å². The summed E-state index contributed by atoms with van der Waals surface area (Å²) < 4.78 is 11.8. The highest BCUT2D eigenvalue weighted by Crippen LogP contribution is 2.29. The lowest BCUT2D eigenvalue weighted by Gasteiger charge is -2.30. The van der Waals surface area contributed by atoms with Crippen LogP contribution in [0.15, 0.2) is 46.9 Å². The van der Waals surface area contributed by atoms with Crippen molar-refractivity contribution >= 4 is 27.7 Å². The number of hydrogen-bond acceptors (Lipinski definition) is 4. The normalized spacial score (nSPS) is 11.7. The van der Waals surface area contributed by atoms with Crippen molar-refractivity contribution in [3.63, 3.8) is 0 Å². The predicted molar refractivity (Wildman–Crippen MR) is 125 cm³/mol. The van der Waals surface area contributed by atoms with Gasteiger partial charge in [0.15, 0.2) is 6.61 Å². The van der Waals surface area contributed by atoms with Crippen molar-refractivity contribution in [3.8, 4) is 11.5 Å². The Labute approximate surface area is 193 Å². The van der Waals surface area contributed by atoms with Crippen LogP contribution in [-0.2, 0) is 16.1 Å². The molecular weight excluding hydrogens is 460 g/mol. The van der Waals surface area contributed by atoms with Crippen molar-refractivity contribution in [2.75, 3.05) is 20.8 Å². The minimum absolute atomic E-state index is 0.163. The number of benzene rings is 2. The maximum absolute atomic E-state index is 13.1. The highest BCUT2D eigenvalue weighted by Gasteiger charge is 2.28. The second-order valence-electron chi connectivity index (χ2n) is 7.54. The molecule has 2 aromatic rings. The molecule has 31 heavy (non-hydrogen) atoms. The Morgan fingerprint density at radius 3 is 2.32 bits per heavy atom. The molecule has 6 nitrogen and oxygen atoms in total. The minimum atomic E-state index is -0.588. The molecule has 168 valence electrons. The second-order valence-corrected chi connectivity index (χ2v) is 8.40. The molecule has 0 bridgehead atoms. The summed E-state index contributed by atoms with van der Waals surface area (Å²) in [7, 11) is 3.18. The molecule has 2 aromatic carbocycles. The summed E-state index contributed by atoms with van der Waals surface area (Å²) in [5, 5.41) is 2.65. The number of methoxy groups -OCH3 is 1. The Balaban J connectivity index is 2.19. The van der Waals surface area contributed by atoms with Crippen LogP contribution in [0.25, 0.3) is 0 Å². The molecule has 0 fully saturated rings. The average molecular weight is 491 g/mol. The van der Waals surface area contributed by atoms with Crippen LogP contribution in [0.4, 0.5) is 0 Å². The lowest BCUT2D eigenvalue weighted by Crippen LogP contribution is -2.49. The zero-order valence-corrected chi connectivity index (χ0v) is 20.4. The molecule has 0 heterocycles. The van der Waals surface area contributed by atoms with E-state index in [0.29, 0.717) is 24.6 Å². The van der Waals surface area contributed by atoms with Crippen LogP contribution in [0.3, 0.4) is 0 Å². The number of nitrogens with one attached hydrogen (secondary N) is 1. The lowest BCUT2D eigenvalue weighted by atomic mass is 10.0. The Morgan fingerprint density at radius 2 is 1.81 bits per heavy atom. The molecule has 0 aliphatic rings. The highest BCUT2D eigenvalue weighted by atomic mass is 79.9. The molecular formula is C24H31BrN2O4. The molecule has 0 aliphatic carbocycles. The van der Waals surface area contributed by atoms with Crippen LogP contribution in [0.1, 0.15) is 44.2 Å². The van der Waals surface area contributed by atoms with Gasteiger partial charge in [0.25, 0.3) is 5.91 Å². The number of nitrogens with zero attached hydrogens (tertiary/aromatic N) is 1. The van der Waals surface area contributed by atoms with Crippen molar-refractivity contribution in [2.24, 2.45) is 0 Å². The highest BCUT2D eigenvalue weighted by molar-refractivity contribution is 9.10. The van der Waals surface area contributed by atoms with Gasteiger partial charge >= 0.3 is 0 Å². The Bertz CT molecular complexity index is 884. The average Bonchev–Trinajstić information content (AvgIpc) is 2.77. The molecule has 0 saturated carbocycles. The van der Waals surface area contributed by atoms with Crippen molar-refractivity contribution in [3.05, 3.63) is 58.1 Å². The molecule has 0 aliphatic heterocycles. The molecule has 7 heteroatoms. The van der Waals surface area contributed by atoms with Crippen LogP contribution < -0.4 is 14.8 Å². The summed E-state index contributed by atoms with van der Waals surface area (Å²) in [6.07, 6.45) is 0.494. The van der Waals surface area contributed by atoms with Crippen LogP contribution in [0.2, 0.25) is 0 Å². The van der Waals surface area contributed by atoms with E-state index in [1.807, 2.05) is 49.4 Å². The van der Waals surface area contributed by atoms with Gasteiger partial charge in [-0.1, -0.05) is 39.0 Å². The molecule has 0 spiro atoms. The molecule has 1 N–H and O–H groups in total. The zero-order chi connectivity index (χ0) is 23.0. The van der Waals surface area contributed by atoms with E-state index in [1.165, 1.54) is 5.56 Å². The van der Waals surface area contributed by atoms with E-state index in [9.17, 15) is 9.59 Å². The van der Waals surface area contributed by atoms with Crippen LogP contribution in [0, 0.1) is 0 Å². The molecule has 0 aromatic heterocycles. The third kappa shape index (κ3) is 6.72. The third-order valence-corrected chi connectivity index (χ3v) is 5.74. The van der Waals surface area contributed by atoms with Gasteiger partial charge in [0, 0.05) is 13.6 Å². The Hall–Kier alpha value is -2.54. The number of carbonyl (C=O) groups is 2. The zero-order valence-electron chi connectivity index (χ0n) is 18.8. The molecule has 1 atom stereocenters. The number of carbonyl (C=O) groups excluding carboxylic acids is 2. The number of likely N-dealkylation sites (N-methyl/N-ethyl adjacent to an activating group) is 1. The molecule has 2 amide bonds. The molecule has 2 rings (SSSR count). The first-order valence-electron chi connectivity index (χ1n) is 10.4. The Kier molecular flexibility index (Phi) is 9.37. The summed E-state index contributed by atoms with van der Waals surface area (Å²) >= 11 is 3.52. The van der Waals surface area contributed by atoms with Crippen molar-refractivity contribution < 1.29 is 19.1 Å². The first-order chi connectivity index (χ1) is 14.8. The van der Waals surface area contributed by atoms with Gasteiger partial charge in [-0.25, -0.2) is 0 Å². The topological polar surface area (TPSA) is 67.9 Å². The summed E-state index contributed by atoms with van der Waals surface area (Å²) in [4.78, 5) is 27.1. The number of rotatable bonds is 10. The molecule has 0 radical (unpaired) electrons. The third-order valence-electron chi connectivity index (χ3n) is 5.12. The van der Waals surface area contributed by atoms with Gasteiger partial charge < -0.3 is 19.7 Å². The summed E-state index contributed by atoms with van der Waals surface area (Å²) in [5.41, 5.74) is 2.08. The minimum Gasteiger partial charge on any atom is -0.497 e. The van der Waals surface area contributed by atoms with Gasteiger partial charge in [-0.15, -0.1) is 0 Å². The van der Waals surface area contributed by atoms with E-state index in [0.717, 1.165) is 15.8 Å². The van der Waals surface area contributed by atoms with Gasteiger partial charge in [-0.2, -0.15) is 0 Å². The molecule has 0 unspecified atom stereocenters. The van der Waals surface area contributed by atoms with Crippen LogP contribution in [0.5, 0.6) is 11.5 Å². The first kappa shape index (κ1) is 24.7. The second kappa shape index (κ2) is 11.7. The summed E-state index contributed by atoms with van der Waals surface area (Å²) in [5.74, 6) is 1.26. The van der Waals surface area contributed by atoms with E-state index >= 15 is 0 Å². The van der Waals surface area contributed by atoms with Crippen molar-refractivity contribution in [1.82, 2.24) is 10.2 Å².